The Balaban J connectivity index is 0.000000109. The van der Waals surface area contributed by atoms with Gasteiger partial charge in [-0.1, -0.05) is 200 Å². The van der Waals surface area contributed by atoms with Gasteiger partial charge in [0.15, 0.2) is 0 Å². The predicted octanol–water partition coefficient (Wildman–Crippen LogP) is 29.5. The van der Waals surface area contributed by atoms with Crippen LogP contribution in [0.15, 0.2) is 186 Å². The van der Waals surface area contributed by atoms with E-state index >= 15 is 0 Å². The molecule has 0 N–H and O–H groups in total. The van der Waals surface area contributed by atoms with Crippen molar-refractivity contribution in [2.75, 3.05) is 6.61 Å². The van der Waals surface area contributed by atoms with E-state index in [1.165, 1.54) is 145 Å². The molecule has 12 aromatic heterocycles. The maximum absolute atomic E-state index is 12.8. The first-order valence-electron chi connectivity index (χ1n) is 36.6. The summed E-state index contributed by atoms with van der Waals surface area (Å²) in [4.78, 5) is 54.4. The number of aryl methyl sites for hydroxylation is 1. The number of esters is 1. The van der Waals surface area contributed by atoms with Gasteiger partial charge in [-0.25, -0.2) is 4.79 Å². The van der Waals surface area contributed by atoms with Gasteiger partial charge in [0.25, 0.3) is 0 Å². The first kappa shape index (κ1) is 76.3. The van der Waals surface area contributed by atoms with Crippen LogP contribution in [0.25, 0.3) is 173 Å². The maximum atomic E-state index is 12.8. The zero-order chi connectivity index (χ0) is 78.2. The topological polar surface area (TPSA) is 94.6 Å². The molecule has 0 saturated carbocycles. The molecule has 0 amide bonds. The lowest BCUT2D eigenvalue weighted by molar-refractivity contribution is -0.191. The number of hydrogen-bond acceptors (Lipinski definition) is 18. The lowest BCUT2D eigenvalue weighted by atomic mass is 10.0. The molecule has 22 rings (SSSR count). The molecule has 113 heavy (non-hydrogen) atoms. The van der Waals surface area contributed by atoms with E-state index in [0.29, 0.717) is 28.8 Å². The second-order valence-electron chi connectivity index (χ2n) is 28.3. The maximum Gasteiger partial charge on any atom is 0.373 e. The van der Waals surface area contributed by atoms with Crippen LogP contribution in [0.3, 0.4) is 0 Å². The van der Waals surface area contributed by atoms with Gasteiger partial charge in [-0.2, -0.15) is 9.59 Å². The molecule has 0 radical (unpaired) electrons. The molecule has 0 saturated heterocycles. The van der Waals surface area contributed by atoms with Crippen molar-refractivity contribution in [2.45, 2.75) is 85.4 Å². The summed E-state index contributed by atoms with van der Waals surface area (Å²) < 4.78 is 33.4. The quantitative estimate of drug-likeness (QED) is 0.0855. The van der Waals surface area contributed by atoms with Crippen LogP contribution in [0.5, 0.6) is 0 Å². The third-order valence-electron chi connectivity index (χ3n) is 21.6. The molecule has 0 aliphatic heterocycles. The van der Waals surface area contributed by atoms with Crippen molar-refractivity contribution in [2.24, 2.45) is 0 Å². The summed E-state index contributed by atoms with van der Waals surface area (Å²) in [5.41, 5.74) is 23.5. The van der Waals surface area contributed by atoms with E-state index in [0.717, 1.165) is 68.7 Å². The molecule has 2 aliphatic carbocycles. The number of rotatable bonds is 8. The van der Waals surface area contributed by atoms with Crippen LogP contribution < -0.4 is 19.9 Å². The summed E-state index contributed by atoms with van der Waals surface area (Å²) >= 11 is 28.8. The Labute approximate surface area is 714 Å². The highest BCUT2D eigenvalue weighted by Gasteiger charge is 2.42. The molecule has 0 bridgehead atoms. The van der Waals surface area contributed by atoms with Crippen LogP contribution >= 0.6 is 168 Å². The highest BCUT2D eigenvalue weighted by atomic mass is 79.9. The van der Waals surface area contributed by atoms with Crippen LogP contribution in [0.1, 0.15) is 89.4 Å². The van der Waals surface area contributed by atoms with Gasteiger partial charge in [0.2, 0.25) is 10.9 Å². The average molecular weight is 1840 g/mol. The first-order valence-corrected chi connectivity index (χ1v) is 50.5. The molecule has 20 aromatic rings. The smallest absolute Gasteiger partial charge is 0.373 e. The third kappa shape index (κ3) is 12.2. The lowest BCUT2D eigenvalue weighted by Gasteiger charge is -2.38. The molecule has 6 nitrogen and oxygen atoms in total. The summed E-state index contributed by atoms with van der Waals surface area (Å²) in [5.74, 6) is 10.2. The molecule has 0 atom stereocenters. The summed E-state index contributed by atoms with van der Waals surface area (Å²) in [6, 6.07) is 49.9. The van der Waals surface area contributed by atoms with Crippen LogP contribution in [-0.2, 0) is 20.7 Å². The third-order valence-corrected chi connectivity index (χ3v) is 45.6. The highest BCUT2D eigenvalue weighted by molar-refractivity contribution is 9.11. The lowest BCUT2D eigenvalue weighted by Crippen LogP contribution is -2.43. The van der Waals surface area contributed by atoms with Crippen molar-refractivity contribution in [3.63, 3.8) is 0 Å². The summed E-state index contributed by atoms with van der Waals surface area (Å²) in [7, 11) is -1.84. The van der Waals surface area contributed by atoms with Crippen molar-refractivity contribution in [3.05, 3.63) is 228 Å². The number of hydrogen-bond donors (Lipinski definition) is 0. The van der Waals surface area contributed by atoms with E-state index in [1.807, 2.05) is 177 Å². The SMILES string of the molecule is Brc1csc2c1sc1c(Br)csc12.CC#CC1=c2sc3c(sc4c5c(sc43)=C(C#C[Si](C(C)C)(C(C)C)C(C)C)c3ccccc3-5)c2-c2ccccc21.CCOC(=O)c1ccccc1-c1csc2c1sc1c(-c3ccccc3CC)csc12.O=C=O.O=c1c2ccccc2c2c1sc1c3sc4c(=O)c5ccccc5c4c3sc12. The molecular formula is C92H62Br2O6S12Si. The summed E-state index contributed by atoms with van der Waals surface area (Å²) in [6.45, 7) is 20.8. The van der Waals surface area contributed by atoms with E-state index in [4.69, 9.17) is 14.3 Å². The Kier molecular flexibility index (Phi) is 20.7. The predicted molar refractivity (Wildman–Crippen MR) is 509 cm³/mol. The van der Waals surface area contributed by atoms with Gasteiger partial charge in [-0.15, -0.1) is 148 Å². The zero-order valence-corrected chi connectivity index (χ0v) is 75.9. The van der Waals surface area contributed by atoms with Gasteiger partial charge in [0, 0.05) is 79.8 Å². The molecule has 0 fully saturated rings. The fourth-order valence-electron chi connectivity index (χ4n) is 16.7. The Bertz CT molecular complexity index is 7540. The second kappa shape index (κ2) is 30.6. The Morgan fingerprint density at radius 1 is 0.398 bits per heavy atom. The molecular weight excluding hydrogens is 1770 g/mol. The van der Waals surface area contributed by atoms with Crippen molar-refractivity contribution < 1.29 is 19.1 Å². The van der Waals surface area contributed by atoms with Crippen molar-refractivity contribution in [1.29, 1.82) is 0 Å². The van der Waals surface area contributed by atoms with Crippen molar-refractivity contribution in [3.8, 4) is 67.8 Å². The van der Waals surface area contributed by atoms with E-state index in [9.17, 15) is 14.4 Å². The molecule has 0 unspecified atom stereocenters. The highest BCUT2D eigenvalue weighted by Crippen LogP contribution is 2.56. The minimum atomic E-state index is -1.84. The molecule has 2 aliphatic rings. The van der Waals surface area contributed by atoms with Crippen molar-refractivity contribution in [1.82, 2.24) is 0 Å². The number of carbonyl (C=O) groups is 1. The van der Waals surface area contributed by atoms with Gasteiger partial charge >= 0.3 is 12.1 Å². The largest absolute Gasteiger partial charge is 0.462 e. The molecule has 21 heteroatoms. The number of carbonyl (C=O) groups excluding carboxylic acids is 3. The van der Waals surface area contributed by atoms with Crippen molar-refractivity contribution >= 4 is 316 Å². The van der Waals surface area contributed by atoms with Crippen LogP contribution in [0.2, 0.25) is 16.6 Å². The monoisotopic (exact) mass is 1830 g/mol. The fraction of sp³-hybridized carbons (Fsp3) is 0.152. The van der Waals surface area contributed by atoms with Crippen LogP contribution in [0, 0.1) is 23.3 Å². The molecule has 12 heterocycles. The number of halogens is 2. The van der Waals surface area contributed by atoms with Gasteiger partial charge in [-0.05, 0) is 125 Å². The van der Waals surface area contributed by atoms with E-state index < -0.39 is 8.07 Å². The summed E-state index contributed by atoms with van der Waals surface area (Å²) in [5, 5.41) is 14.7. The minimum absolute atomic E-state index is 0.132. The fourth-order valence-corrected chi connectivity index (χ4v) is 40.3. The Morgan fingerprint density at radius 3 is 1.25 bits per heavy atom. The van der Waals surface area contributed by atoms with E-state index in [1.54, 1.807) is 45.3 Å². The normalized spacial score (nSPS) is 12.3. The van der Waals surface area contributed by atoms with E-state index in [2.05, 4.69) is 198 Å². The summed E-state index contributed by atoms with van der Waals surface area (Å²) in [6.07, 6.45) is 1.27. The first-order chi connectivity index (χ1) is 54.9. The molecule has 556 valence electrons. The Hall–Kier alpha value is -7.97. The van der Waals surface area contributed by atoms with Gasteiger partial charge in [-0.3, -0.25) is 9.59 Å². The van der Waals surface area contributed by atoms with E-state index in [-0.39, 0.29) is 23.0 Å². The van der Waals surface area contributed by atoms with Gasteiger partial charge < -0.3 is 4.74 Å². The number of fused-ring (bicyclic) bond motifs is 28. The average Bonchev–Trinajstić information content (AvgIpc) is 1.53. The second-order valence-corrected chi connectivity index (χ2v) is 47.3. The minimum Gasteiger partial charge on any atom is -0.462 e. The van der Waals surface area contributed by atoms with Gasteiger partial charge in [0.05, 0.1) is 111 Å². The Morgan fingerprint density at radius 2 is 0.770 bits per heavy atom. The number of thiophene rings is 12. The van der Waals surface area contributed by atoms with Crippen LogP contribution in [-0.4, -0.2) is 26.8 Å². The number of benzene rings is 6. The molecule has 8 aromatic carbocycles. The standard InChI is InChI=1S/C36H32S3Si.C25H20O2S3.C22H8O2S3.C8H2Br2S3.CO2/c1-8-13-27-23-14-9-11-16-25(23)29-31(27)37-35-33(29)39-34-30-26-17-12-10-15-24(26)28(32(30)38-36(34)35)18-19-40(20(2)3,21(4)5)22(6)7;1-3-15-9-5-6-10-16(15)19-13-28-23-21(19)30-22-20(14-29-24(22)23)17-11-7-8-12-18(17)25(26)27-4-2;23-15-11-7-3-1-5-9(11)13-17(15)25-21-19(13)27-20-14-10-6-2-4-8-12(10)16(24)18(14)26-22(20)21;9-3-1-11-7-5(3)13-6-4(10)2-12-8(6)7;2-1-3/h9-12,14-17,20-22H,1-7H3;5-14H,3-4H2,1-2H3;1-8H;1-2H;. The van der Waals surface area contributed by atoms with Crippen LogP contribution in [0.4, 0.5) is 0 Å². The number of ether oxygens (including phenoxy) is 1. The van der Waals surface area contributed by atoms with Gasteiger partial charge in [0.1, 0.15) is 8.07 Å². The molecule has 0 spiro atoms. The zero-order valence-electron chi connectivity index (χ0n) is 61.9.